The van der Waals surface area contributed by atoms with Gasteiger partial charge in [-0.25, -0.2) is 0 Å². The smallest absolute Gasteiger partial charge is 0.0162 e. The first-order valence-electron chi connectivity index (χ1n) is 4.69. The maximum atomic E-state index is 3.72. The molecule has 1 heteroatoms. The summed E-state index contributed by atoms with van der Waals surface area (Å²) >= 11 is 2.40. The number of allylic oxidation sites excluding steroid dienone is 1. The maximum absolute atomic E-state index is 3.72. The molecule has 1 rings (SSSR count). The first-order valence-corrected chi connectivity index (χ1v) is 5.77. The van der Waals surface area contributed by atoms with E-state index >= 15 is 0 Å². The highest BCUT2D eigenvalue weighted by molar-refractivity contribution is 14.1. The number of rotatable bonds is 5. The molecule has 1 aromatic rings. The maximum Gasteiger partial charge on any atom is 0.0162 e. The normalized spacial score (nSPS) is 9.92. The SMILES string of the molecule is C=CCCCCc1ccccc1I. The fraction of sp³-hybridized carbons (Fsp3) is 0.333. The molecule has 0 saturated heterocycles. The van der Waals surface area contributed by atoms with Crippen LogP contribution in [-0.2, 0) is 6.42 Å². The highest BCUT2D eigenvalue weighted by Gasteiger charge is 1.96. The third kappa shape index (κ3) is 3.94. The molecule has 0 N–H and O–H groups in total. The van der Waals surface area contributed by atoms with Crippen LogP contribution < -0.4 is 0 Å². The third-order valence-electron chi connectivity index (χ3n) is 2.06. The number of aryl methyl sites for hydroxylation is 1. The fourth-order valence-corrected chi connectivity index (χ4v) is 1.96. The molecule has 70 valence electrons. The Morgan fingerprint density at radius 2 is 2.00 bits per heavy atom. The Morgan fingerprint density at radius 3 is 2.69 bits per heavy atom. The van der Waals surface area contributed by atoms with Crippen LogP contribution in [-0.4, -0.2) is 0 Å². The van der Waals surface area contributed by atoms with E-state index in [-0.39, 0.29) is 0 Å². The molecule has 0 amide bonds. The lowest BCUT2D eigenvalue weighted by atomic mass is 10.1. The van der Waals surface area contributed by atoms with Crippen molar-refractivity contribution in [1.82, 2.24) is 0 Å². The second-order valence-corrected chi connectivity index (χ2v) is 4.29. The zero-order valence-electron chi connectivity index (χ0n) is 7.80. The molecule has 0 atom stereocenters. The molecule has 0 nitrogen and oxygen atoms in total. The van der Waals surface area contributed by atoms with E-state index in [1.165, 1.54) is 28.4 Å². The molecular formula is C12H15I. The summed E-state index contributed by atoms with van der Waals surface area (Å²) in [6.07, 6.45) is 6.87. The Morgan fingerprint density at radius 1 is 1.23 bits per heavy atom. The van der Waals surface area contributed by atoms with Gasteiger partial charge < -0.3 is 0 Å². The average molecular weight is 286 g/mol. The summed E-state index contributed by atoms with van der Waals surface area (Å²) in [5, 5.41) is 0. The van der Waals surface area contributed by atoms with Crippen LogP contribution in [0.15, 0.2) is 36.9 Å². The first kappa shape index (κ1) is 10.8. The molecule has 0 radical (unpaired) electrons. The summed E-state index contributed by atoms with van der Waals surface area (Å²) in [7, 11) is 0. The van der Waals surface area contributed by atoms with Crippen molar-refractivity contribution in [1.29, 1.82) is 0 Å². The lowest BCUT2D eigenvalue weighted by Crippen LogP contribution is -1.88. The molecule has 0 saturated carbocycles. The van der Waals surface area contributed by atoms with E-state index in [4.69, 9.17) is 0 Å². The molecule has 0 aliphatic heterocycles. The standard InChI is InChI=1S/C12H15I/c1-2-3-4-5-8-11-9-6-7-10-12(11)13/h2,6-7,9-10H,1,3-5,8H2. The number of hydrogen-bond acceptors (Lipinski definition) is 0. The van der Waals surface area contributed by atoms with Crippen LogP contribution >= 0.6 is 22.6 Å². The third-order valence-corrected chi connectivity index (χ3v) is 3.11. The highest BCUT2D eigenvalue weighted by Crippen LogP contribution is 2.14. The van der Waals surface area contributed by atoms with Crippen LogP contribution in [0.25, 0.3) is 0 Å². The molecular weight excluding hydrogens is 271 g/mol. The van der Waals surface area contributed by atoms with Crippen molar-refractivity contribution in [3.63, 3.8) is 0 Å². The first-order chi connectivity index (χ1) is 6.34. The lowest BCUT2D eigenvalue weighted by molar-refractivity contribution is 0.746. The minimum Gasteiger partial charge on any atom is -0.103 e. The zero-order chi connectivity index (χ0) is 9.52. The molecule has 0 unspecified atom stereocenters. The molecule has 0 aromatic heterocycles. The van der Waals surface area contributed by atoms with Crippen molar-refractivity contribution >= 4 is 22.6 Å². The second-order valence-electron chi connectivity index (χ2n) is 3.13. The molecule has 0 bridgehead atoms. The fourth-order valence-electron chi connectivity index (χ4n) is 1.31. The van der Waals surface area contributed by atoms with E-state index < -0.39 is 0 Å². The molecule has 0 aliphatic rings. The minimum absolute atomic E-state index is 1.14. The molecule has 0 heterocycles. The van der Waals surface area contributed by atoms with Gasteiger partial charge in [0.15, 0.2) is 0 Å². The van der Waals surface area contributed by atoms with Crippen LogP contribution in [0.4, 0.5) is 0 Å². The van der Waals surface area contributed by atoms with Crippen LogP contribution in [0.5, 0.6) is 0 Å². The summed E-state index contributed by atoms with van der Waals surface area (Å²) in [6, 6.07) is 8.60. The number of unbranched alkanes of at least 4 members (excludes halogenated alkanes) is 2. The van der Waals surface area contributed by atoms with Crippen molar-refractivity contribution in [2.24, 2.45) is 0 Å². The van der Waals surface area contributed by atoms with Gasteiger partial charge in [0.05, 0.1) is 0 Å². The van der Waals surface area contributed by atoms with Crippen molar-refractivity contribution in [2.45, 2.75) is 25.7 Å². The predicted molar refractivity (Wildman–Crippen MR) is 66.9 cm³/mol. The van der Waals surface area contributed by atoms with E-state index in [1.54, 1.807) is 0 Å². The van der Waals surface area contributed by atoms with Crippen LogP contribution in [0.3, 0.4) is 0 Å². The van der Waals surface area contributed by atoms with Crippen molar-refractivity contribution < 1.29 is 0 Å². The van der Waals surface area contributed by atoms with Gasteiger partial charge in [-0.2, -0.15) is 0 Å². The molecule has 0 aliphatic carbocycles. The van der Waals surface area contributed by atoms with Gasteiger partial charge in [0.2, 0.25) is 0 Å². The van der Waals surface area contributed by atoms with Gasteiger partial charge in [-0.05, 0) is 59.9 Å². The van der Waals surface area contributed by atoms with Crippen molar-refractivity contribution in [3.05, 3.63) is 46.1 Å². The van der Waals surface area contributed by atoms with E-state index in [0.717, 1.165) is 6.42 Å². The average Bonchev–Trinajstić information content (AvgIpc) is 2.15. The van der Waals surface area contributed by atoms with Crippen molar-refractivity contribution in [2.75, 3.05) is 0 Å². The van der Waals surface area contributed by atoms with Gasteiger partial charge >= 0.3 is 0 Å². The number of halogens is 1. The Hall–Kier alpha value is -0.310. The van der Waals surface area contributed by atoms with E-state index in [1.807, 2.05) is 6.08 Å². The zero-order valence-corrected chi connectivity index (χ0v) is 9.96. The molecule has 0 fully saturated rings. The molecule has 13 heavy (non-hydrogen) atoms. The van der Waals surface area contributed by atoms with Gasteiger partial charge in [-0.1, -0.05) is 24.3 Å². The monoisotopic (exact) mass is 286 g/mol. The number of hydrogen-bond donors (Lipinski definition) is 0. The Labute approximate surface area is 94.2 Å². The van der Waals surface area contributed by atoms with E-state index in [0.29, 0.717) is 0 Å². The lowest BCUT2D eigenvalue weighted by Gasteiger charge is -2.02. The highest BCUT2D eigenvalue weighted by atomic mass is 127. The second kappa shape index (κ2) is 6.19. The van der Waals surface area contributed by atoms with Gasteiger partial charge in [0, 0.05) is 3.57 Å². The quantitative estimate of drug-likeness (QED) is 0.432. The predicted octanol–water partition coefficient (Wildman–Crippen LogP) is 4.19. The van der Waals surface area contributed by atoms with Gasteiger partial charge in [-0.15, -0.1) is 6.58 Å². The summed E-state index contributed by atoms with van der Waals surface area (Å²) in [4.78, 5) is 0. The largest absolute Gasteiger partial charge is 0.103 e. The van der Waals surface area contributed by atoms with Crippen molar-refractivity contribution in [3.8, 4) is 0 Å². The summed E-state index contributed by atoms with van der Waals surface area (Å²) in [5.74, 6) is 0. The van der Waals surface area contributed by atoms with Gasteiger partial charge in [0.25, 0.3) is 0 Å². The van der Waals surface area contributed by atoms with Crippen LogP contribution in [0, 0.1) is 3.57 Å². The summed E-state index contributed by atoms with van der Waals surface area (Å²) in [5.41, 5.74) is 1.48. The van der Waals surface area contributed by atoms with Gasteiger partial charge in [-0.3, -0.25) is 0 Å². The Kier molecular flexibility index (Phi) is 5.13. The Bertz CT molecular complexity index is 266. The van der Waals surface area contributed by atoms with E-state index in [9.17, 15) is 0 Å². The van der Waals surface area contributed by atoms with Crippen LogP contribution in [0.2, 0.25) is 0 Å². The molecule has 0 spiro atoms. The van der Waals surface area contributed by atoms with Crippen LogP contribution in [0.1, 0.15) is 24.8 Å². The summed E-state index contributed by atoms with van der Waals surface area (Å²) < 4.78 is 1.39. The topological polar surface area (TPSA) is 0 Å². The Balaban J connectivity index is 2.36. The summed E-state index contributed by atoms with van der Waals surface area (Å²) in [6.45, 7) is 3.72. The number of benzene rings is 1. The van der Waals surface area contributed by atoms with Gasteiger partial charge in [0.1, 0.15) is 0 Å². The minimum atomic E-state index is 1.14. The molecule has 1 aromatic carbocycles. The van der Waals surface area contributed by atoms with E-state index in [2.05, 4.69) is 53.4 Å².